The lowest BCUT2D eigenvalue weighted by Crippen LogP contribution is -2.37. The highest BCUT2D eigenvalue weighted by atomic mass is 35.5. The van der Waals surface area contributed by atoms with Gasteiger partial charge < -0.3 is 19.6 Å². The summed E-state index contributed by atoms with van der Waals surface area (Å²) in [4.78, 5) is 28.9. The number of aromatic nitrogens is 2. The predicted molar refractivity (Wildman–Crippen MR) is 177 cm³/mol. The van der Waals surface area contributed by atoms with Gasteiger partial charge in [-0.1, -0.05) is 60.1 Å². The summed E-state index contributed by atoms with van der Waals surface area (Å²) < 4.78 is 35.6. The quantitative estimate of drug-likeness (QED) is 0.140. The highest BCUT2D eigenvalue weighted by Gasteiger charge is 2.22. The monoisotopic (exact) mass is 646 g/mol. The molecule has 2 amide bonds. The summed E-state index contributed by atoms with van der Waals surface area (Å²) in [7, 11) is -4.04. The van der Waals surface area contributed by atoms with Crippen molar-refractivity contribution in [1.82, 2.24) is 19.6 Å². The molecule has 0 fully saturated rings. The fourth-order valence-electron chi connectivity index (χ4n) is 5.19. The van der Waals surface area contributed by atoms with Gasteiger partial charge in [-0.05, 0) is 73.2 Å². The summed E-state index contributed by atoms with van der Waals surface area (Å²) >= 11 is 6.26. The molecule has 2 aromatic heterocycles. The molecule has 0 aliphatic heterocycles. The van der Waals surface area contributed by atoms with E-state index in [9.17, 15) is 18.0 Å². The van der Waals surface area contributed by atoms with Gasteiger partial charge in [0.25, 0.3) is 11.8 Å². The number of ether oxygens (including phenoxy) is 1. The minimum absolute atomic E-state index is 0.161. The Hall–Kier alpha value is -4.54. The maximum absolute atomic E-state index is 13.2. The number of benzene rings is 3. The summed E-state index contributed by atoms with van der Waals surface area (Å²) in [6.45, 7) is 4.69. The Morgan fingerprint density at radius 2 is 1.67 bits per heavy atom. The average Bonchev–Trinajstić information content (AvgIpc) is 3.63. The molecular weight excluding hydrogens is 612 g/mol. The van der Waals surface area contributed by atoms with Gasteiger partial charge in [0.05, 0.1) is 17.9 Å². The number of H-pyrrole nitrogens is 1. The fourth-order valence-corrected chi connectivity index (χ4v) is 6.16. The Bertz CT molecular complexity index is 1910. The highest BCUT2D eigenvalue weighted by Crippen LogP contribution is 2.27. The van der Waals surface area contributed by atoms with Gasteiger partial charge in [-0.3, -0.25) is 9.59 Å². The summed E-state index contributed by atoms with van der Waals surface area (Å²) in [5, 5.41) is 4.17. The number of halogens is 1. The molecule has 0 spiro atoms. The average molecular weight is 647 g/mol. The first-order valence-corrected chi connectivity index (χ1v) is 16.6. The number of fused-ring (bicyclic) bond motifs is 1. The number of amides is 2. The standard InChI is InChI=1S/C34H35ClN4O5S/c1-23-19-27(20-24(2)31(23)35)44-17-8-12-29-28-11-6-7-13-30(28)37-32(29)34(41)38-45(42,43)18-15-36-33(40)26-14-16-39(22-26)21-25-9-4-3-5-10-25/h3-7,9-11,13-14,16,19-20,22,37H,8,12,15,17-18,21H2,1-2H3,(H,36,40)(H,38,41). The molecule has 0 aliphatic rings. The Kier molecular flexibility index (Phi) is 9.95. The van der Waals surface area contributed by atoms with Crippen molar-refractivity contribution in [3.63, 3.8) is 0 Å². The van der Waals surface area contributed by atoms with Gasteiger partial charge in [0.15, 0.2) is 0 Å². The van der Waals surface area contributed by atoms with Crippen molar-refractivity contribution in [2.45, 2.75) is 33.2 Å². The van der Waals surface area contributed by atoms with E-state index in [1.165, 1.54) is 0 Å². The molecule has 9 nitrogen and oxygen atoms in total. The number of sulfonamides is 1. The van der Waals surface area contributed by atoms with Crippen molar-refractivity contribution in [2.24, 2.45) is 0 Å². The molecule has 0 bridgehead atoms. The van der Waals surface area contributed by atoms with Crippen LogP contribution >= 0.6 is 11.6 Å². The lowest BCUT2D eigenvalue weighted by atomic mass is 10.1. The summed E-state index contributed by atoms with van der Waals surface area (Å²) in [5.74, 6) is -0.893. The first-order chi connectivity index (χ1) is 21.6. The molecule has 234 valence electrons. The first-order valence-electron chi connectivity index (χ1n) is 14.6. The number of nitrogens with one attached hydrogen (secondary N) is 3. The van der Waals surface area contributed by atoms with Crippen LogP contribution < -0.4 is 14.8 Å². The minimum Gasteiger partial charge on any atom is -0.494 e. The van der Waals surface area contributed by atoms with Crippen LogP contribution in [0.2, 0.25) is 5.02 Å². The third kappa shape index (κ3) is 8.14. The Morgan fingerprint density at radius 3 is 2.42 bits per heavy atom. The van der Waals surface area contributed by atoms with Gasteiger partial charge >= 0.3 is 0 Å². The van der Waals surface area contributed by atoms with Crippen molar-refractivity contribution in [2.75, 3.05) is 18.9 Å². The number of para-hydroxylation sites is 1. The smallest absolute Gasteiger partial charge is 0.281 e. The number of aryl methyl sites for hydroxylation is 3. The number of carbonyl (C=O) groups is 2. The normalized spacial score (nSPS) is 11.4. The van der Waals surface area contributed by atoms with Crippen LogP contribution in [0.15, 0.2) is 85.2 Å². The van der Waals surface area contributed by atoms with Crippen molar-refractivity contribution in [3.8, 4) is 5.75 Å². The minimum atomic E-state index is -4.04. The predicted octanol–water partition coefficient (Wildman–Crippen LogP) is 5.79. The van der Waals surface area contributed by atoms with E-state index in [0.717, 1.165) is 27.6 Å². The Morgan fingerprint density at radius 1 is 0.956 bits per heavy atom. The number of hydrogen-bond acceptors (Lipinski definition) is 5. The van der Waals surface area contributed by atoms with Gasteiger partial charge in [-0.15, -0.1) is 0 Å². The van der Waals surface area contributed by atoms with Crippen LogP contribution in [0.25, 0.3) is 10.9 Å². The van der Waals surface area contributed by atoms with Crippen LogP contribution in [-0.4, -0.2) is 48.7 Å². The molecule has 5 aromatic rings. The van der Waals surface area contributed by atoms with Crippen LogP contribution in [0.3, 0.4) is 0 Å². The second-order valence-electron chi connectivity index (χ2n) is 10.9. The van der Waals surface area contributed by atoms with Crippen LogP contribution in [0.5, 0.6) is 5.75 Å². The van der Waals surface area contributed by atoms with Crippen LogP contribution in [0.1, 0.15) is 49.5 Å². The number of rotatable bonds is 13. The van der Waals surface area contributed by atoms with Crippen LogP contribution in [-0.2, 0) is 23.0 Å². The van der Waals surface area contributed by atoms with E-state index in [1.54, 1.807) is 18.5 Å². The fraction of sp³-hybridized carbons (Fsp3) is 0.235. The van der Waals surface area contributed by atoms with Gasteiger partial charge in [0.1, 0.15) is 11.4 Å². The lowest BCUT2D eigenvalue weighted by molar-refractivity contribution is 0.0954. The van der Waals surface area contributed by atoms with Gasteiger partial charge in [-0.25, -0.2) is 13.1 Å². The second kappa shape index (κ2) is 14.0. The zero-order chi connectivity index (χ0) is 32.0. The number of carbonyl (C=O) groups excluding carboxylic acids is 2. The maximum Gasteiger partial charge on any atom is 0.281 e. The third-order valence-corrected chi connectivity index (χ3v) is 9.25. The molecule has 11 heteroatoms. The third-order valence-electron chi connectivity index (χ3n) is 7.42. The molecule has 0 atom stereocenters. The van der Waals surface area contributed by atoms with E-state index >= 15 is 0 Å². The SMILES string of the molecule is Cc1cc(OCCCc2c(C(=O)NS(=O)(=O)CCNC(=O)c3ccn(Cc4ccccc4)c3)[nH]c3ccccc23)cc(C)c1Cl. The molecule has 0 aliphatic carbocycles. The Labute approximate surface area is 267 Å². The van der Waals surface area contributed by atoms with Gasteiger partial charge in [0.2, 0.25) is 10.0 Å². The number of aromatic amines is 1. The molecule has 0 saturated carbocycles. The molecular formula is C34H35ClN4O5S. The maximum atomic E-state index is 13.2. The largest absolute Gasteiger partial charge is 0.494 e. The molecule has 0 saturated heterocycles. The zero-order valence-electron chi connectivity index (χ0n) is 25.1. The van der Waals surface area contributed by atoms with Crippen molar-refractivity contribution >= 4 is 44.3 Å². The van der Waals surface area contributed by atoms with Crippen LogP contribution in [0.4, 0.5) is 0 Å². The van der Waals surface area contributed by atoms with E-state index < -0.39 is 27.6 Å². The second-order valence-corrected chi connectivity index (χ2v) is 13.1. The molecule has 3 N–H and O–H groups in total. The molecule has 3 aromatic carbocycles. The summed E-state index contributed by atoms with van der Waals surface area (Å²) in [6.07, 6.45) is 4.58. The van der Waals surface area contributed by atoms with E-state index in [-0.39, 0.29) is 12.2 Å². The lowest BCUT2D eigenvalue weighted by Gasteiger charge is -2.11. The first kappa shape index (κ1) is 31.9. The molecule has 5 rings (SSSR count). The molecule has 2 heterocycles. The summed E-state index contributed by atoms with van der Waals surface area (Å²) in [5.41, 5.74) is 4.99. The number of hydrogen-bond donors (Lipinski definition) is 3. The molecule has 0 radical (unpaired) electrons. The molecule has 45 heavy (non-hydrogen) atoms. The van der Waals surface area contributed by atoms with E-state index in [0.29, 0.717) is 47.9 Å². The summed E-state index contributed by atoms with van der Waals surface area (Å²) in [6, 6.07) is 22.7. The van der Waals surface area contributed by atoms with Crippen molar-refractivity contribution < 1.29 is 22.7 Å². The highest BCUT2D eigenvalue weighted by molar-refractivity contribution is 7.90. The van der Waals surface area contributed by atoms with E-state index in [4.69, 9.17) is 16.3 Å². The van der Waals surface area contributed by atoms with Crippen molar-refractivity contribution in [1.29, 1.82) is 0 Å². The van der Waals surface area contributed by atoms with E-state index in [2.05, 4.69) is 15.0 Å². The van der Waals surface area contributed by atoms with Crippen molar-refractivity contribution in [3.05, 3.63) is 124 Å². The molecule has 0 unspecified atom stereocenters. The zero-order valence-corrected chi connectivity index (χ0v) is 26.7. The Balaban J connectivity index is 1.16. The number of nitrogens with zero attached hydrogens (tertiary/aromatic N) is 1. The van der Waals surface area contributed by atoms with Gasteiger partial charge in [0, 0.05) is 41.4 Å². The van der Waals surface area contributed by atoms with Gasteiger partial charge in [-0.2, -0.15) is 0 Å². The van der Waals surface area contributed by atoms with Crippen LogP contribution in [0, 0.1) is 13.8 Å². The van der Waals surface area contributed by atoms with E-state index in [1.807, 2.05) is 85.1 Å². The topological polar surface area (TPSA) is 122 Å².